The molecule has 0 radical (unpaired) electrons. The summed E-state index contributed by atoms with van der Waals surface area (Å²) in [5, 5.41) is 0. The molecule has 2 rings (SSSR count). The Balaban J connectivity index is 2.26. The quantitative estimate of drug-likeness (QED) is 0.664. The Morgan fingerprint density at radius 2 is 2.38 bits per heavy atom. The first-order valence-corrected chi connectivity index (χ1v) is 4.70. The number of aromatic amines is 1. The molecule has 3 N–H and O–H groups in total. The molecule has 1 saturated carbocycles. The van der Waals surface area contributed by atoms with E-state index in [1.54, 1.807) is 4.57 Å². The van der Waals surface area contributed by atoms with Crippen LogP contribution in [0.3, 0.4) is 0 Å². The summed E-state index contributed by atoms with van der Waals surface area (Å²) in [4.78, 5) is 14.2. The van der Waals surface area contributed by atoms with Crippen molar-refractivity contribution in [2.75, 3.05) is 0 Å². The zero-order valence-corrected chi connectivity index (χ0v) is 7.79. The average Bonchev–Trinajstić information content (AvgIpc) is 2.58. The van der Waals surface area contributed by atoms with Gasteiger partial charge in [-0.3, -0.25) is 4.57 Å². The minimum atomic E-state index is -0.00315. The van der Waals surface area contributed by atoms with Crippen molar-refractivity contribution in [1.82, 2.24) is 9.55 Å². The molecule has 13 heavy (non-hydrogen) atoms. The topological polar surface area (TPSA) is 63.8 Å². The van der Waals surface area contributed by atoms with Gasteiger partial charge in [-0.2, -0.15) is 0 Å². The summed E-state index contributed by atoms with van der Waals surface area (Å²) in [6.07, 6.45) is 4.86. The van der Waals surface area contributed by atoms with Crippen LogP contribution in [0.25, 0.3) is 0 Å². The van der Waals surface area contributed by atoms with Crippen LogP contribution in [0, 0.1) is 6.92 Å². The van der Waals surface area contributed by atoms with Crippen LogP contribution in [0.4, 0.5) is 0 Å². The molecule has 1 heterocycles. The summed E-state index contributed by atoms with van der Waals surface area (Å²) < 4.78 is 1.78. The molecule has 1 aliphatic rings. The summed E-state index contributed by atoms with van der Waals surface area (Å²) >= 11 is 0. The van der Waals surface area contributed by atoms with Gasteiger partial charge in [0, 0.05) is 24.0 Å². The lowest BCUT2D eigenvalue weighted by Gasteiger charge is -2.09. The highest BCUT2D eigenvalue weighted by atomic mass is 16.1. The molecule has 0 amide bonds. The van der Waals surface area contributed by atoms with E-state index < -0.39 is 0 Å². The molecule has 1 fully saturated rings. The number of H-pyrrole nitrogens is 1. The van der Waals surface area contributed by atoms with E-state index in [9.17, 15) is 4.79 Å². The van der Waals surface area contributed by atoms with Crippen molar-refractivity contribution in [1.29, 1.82) is 0 Å². The maximum absolute atomic E-state index is 11.4. The lowest BCUT2D eigenvalue weighted by molar-refractivity contribution is 0.496. The van der Waals surface area contributed by atoms with Gasteiger partial charge in [0.1, 0.15) is 0 Å². The van der Waals surface area contributed by atoms with E-state index in [-0.39, 0.29) is 11.7 Å². The van der Waals surface area contributed by atoms with E-state index in [0.29, 0.717) is 6.04 Å². The first-order valence-electron chi connectivity index (χ1n) is 4.70. The monoisotopic (exact) mass is 181 g/mol. The Hall–Kier alpha value is -1.03. The Morgan fingerprint density at radius 1 is 1.62 bits per heavy atom. The Labute approximate surface area is 76.8 Å². The Morgan fingerprint density at radius 3 is 2.85 bits per heavy atom. The van der Waals surface area contributed by atoms with Crippen molar-refractivity contribution in [2.45, 2.75) is 38.3 Å². The maximum Gasteiger partial charge on any atom is 0.325 e. The number of imidazole rings is 1. The maximum atomic E-state index is 11.4. The van der Waals surface area contributed by atoms with Gasteiger partial charge in [0.15, 0.2) is 0 Å². The third-order valence-corrected chi connectivity index (χ3v) is 2.71. The van der Waals surface area contributed by atoms with E-state index in [1.807, 2.05) is 13.1 Å². The molecule has 1 aromatic rings. The smallest absolute Gasteiger partial charge is 0.325 e. The molecule has 72 valence electrons. The van der Waals surface area contributed by atoms with Crippen molar-refractivity contribution in [3.05, 3.63) is 22.4 Å². The van der Waals surface area contributed by atoms with Crippen LogP contribution in [-0.4, -0.2) is 15.6 Å². The largest absolute Gasteiger partial charge is 0.328 e. The van der Waals surface area contributed by atoms with Crippen LogP contribution in [0.2, 0.25) is 0 Å². The van der Waals surface area contributed by atoms with Gasteiger partial charge in [-0.1, -0.05) is 0 Å². The molecule has 0 bridgehead atoms. The molecule has 1 aromatic heterocycles. The summed E-state index contributed by atoms with van der Waals surface area (Å²) in [5.74, 6) is 0. The van der Waals surface area contributed by atoms with Crippen molar-refractivity contribution in [3.63, 3.8) is 0 Å². The average molecular weight is 181 g/mol. The fraction of sp³-hybridized carbons (Fsp3) is 0.667. The van der Waals surface area contributed by atoms with Gasteiger partial charge in [0.05, 0.1) is 0 Å². The number of nitrogens with two attached hydrogens (primary N) is 1. The van der Waals surface area contributed by atoms with E-state index >= 15 is 0 Å². The predicted octanol–water partition coefficient (Wildman–Crippen LogP) is 0.537. The molecule has 0 aromatic carbocycles. The van der Waals surface area contributed by atoms with Gasteiger partial charge < -0.3 is 10.7 Å². The minimum Gasteiger partial charge on any atom is -0.328 e. The fourth-order valence-electron chi connectivity index (χ4n) is 2.05. The van der Waals surface area contributed by atoms with Crippen LogP contribution < -0.4 is 11.4 Å². The lowest BCUT2D eigenvalue weighted by Crippen LogP contribution is -2.22. The Kier molecular flexibility index (Phi) is 2.00. The minimum absolute atomic E-state index is 0.00315. The molecular formula is C9H15N3O. The van der Waals surface area contributed by atoms with E-state index in [1.165, 1.54) is 0 Å². The molecule has 4 nitrogen and oxygen atoms in total. The standard InChI is InChI=1S/C9H15N3O/c1-6-5-12(9(13)11-6)8-3-2-7(10)4-8/h5,7-8H,2-4,10H2,1H3,(H,11,13). The van der Waals surface area contributed by atoms with Crippen LogP contribution in [0.1, 0.15) is 31.0 Å². The van der Waals surface area contributed by atoms with Crippen molar-refractivity contribution in [2.24, 2.45) is 5.73 Å². The molecule has 0 spiro atoms. The van der Waals surface area contributed by atoms with Crippen LogP contribution in [-0.2, 0) is 0 Å². The van der Waals surface area contributed by atoms with Crippen molar-refractivity contribution >= 4 is 0 Å². The van der Waals surface area contributed by atoms with Gasteiger partial charge in [0.25, 0.3) is 0 Å². The molecule has 0 aliphatic heterocycles. The highest BCUT2D eigenvalue weighted by Gasteiger charge is 2.24. The second-order valence-corrected chi connectivity index (χ2v) is 3.88. The molecule has 0 saturated heterocycles. The third kappa shape index (κ3) is 1.54. The molecule has 2 atom stereocenters. The number of rotatable bonds is 1. The number of hydrogen-bond donors (Lipinski definition) is 2. The van der Waals surface area contributed by atoms with Gasteiger partial charge in [-0.05, 0) is 26.2 Å². The number of aromatic nitrogens is 2. The predicted molar refractivity (Wildman–Crippen MR) is 50.7 cm³/mol. The van der Waals surface area contributed by atoms with Crippen LogP contribution in [0.5, 0.6) is 0 Å². The van der Waals surface area contributed by atoms with Gasteiger partial charge in [-0.15, -0.1) is 0 Å². The van der Waals surface area contributed by atoms with Crippen LogP contribution in [0.15, 0.2) is 11.0 Å². The summed E-state index contributed by atoms with van der Waals surface area (Å²) in [7, 11) is 0. The van der Waals surface area contributed by atoms with Gasteiger partial charge in [-0.25, -0.2) is 4.79 Å². The number of nitrogens with zero attached hydrogens (tertiary/aromatic N) is 1. The zero-order valence-electron chi connectivity index (χ0n) is 7.79. The molecule has 4 heteroatoms. The highest BCUT2D eigenvalue weighted by Crippen LogP contribution is 2.27. The second kappa shape index (κ2) is 3.03. The molecular weight excluding hydrogens is 166 g/mol. The Bertz CT molecular complexity index is 352. The first-order chi connectivity index (χ1) is 6.16. The number of hydrogen-bond acceptors (Lipinski definition) is 2. The van der Waals surface area contributed by atoms with Crippen molar-refractivity contribution < 1.29 is 0 Å². The van der Waals surface area contributed by atoms with E-state index in [2.05, 4.69) is 4.98 Å². The van der Waals surface area contributed by atoms with E-state index in [0.717, 1.165) is 25.0 Å². The van der Waals surface area contributed by atoms with Gasteiger partial charge >= 0.3 is 5.69 Å². The summed E-state index contributed by atoms with van der Waals surface area (Å²) in [6, 6.07) is 0.583. The lowest BCUT2D eigenvalue weighted by atomic mass is 10.2. The van der Waals surface area contributed by atoms with Crippen molar-refractivity contribution in [3.8, 4) is 0 Å². The van der Waals surface area contributed by atoms with Crippen LogP contribution >= 0.6 is 0 Å². The highest BCUT2D eigenvalue weighted by molar-refractivity contribution is 4.97. The van der Waals surface area contributed by atoms with Gasteiger partial charge in [0.2, 0.25) is 0 Å². The summed E-state index contributed by atoms with van der Waals surface area (Å²) in [5.41, 5.74) is 6.71. The number of aryl methyl sites for hydroxylation is 1. The molecule has 1 aliphatic carbocycles. The zero-order chi connectivity index (χ0) is 9.42. The second-order valence-electron chi connectivity index (χ2n) is 3.88. The fourth-order valence-corrected chi connectivity index (χ4v) is 2.05. The normalized spacial score (nSPS) is 28.2. The van der Waals surface area contributed by atoms with E-state index in [4.69, 9.17) is 5.73 Å². The SMILES string of the molecule is Cc1cn(C2CCC(N)C2)c(=O)[nH]1. The first kappa shape index (κ1) is 8.56. The number of nitrogens with one attached hydrogen (secondary N) is 1. The summed E-state index contributed by atoms with van der Waals surface area (Å²) in [6.45, 7) is 1.90. The third-order valence-electron chi connectivity index (χ3n) is 2.71. The molecule has 2 unspecified atom stereocenters.